The molecule has 24 heavy (non-hydrogen) atoms. The molecule has 2 heterocycles. The van der Waals surface area contributed by atoms with Crippen molar-refractivity contribution in [2.75, 3.05) is 11.4 Å². The summed E-state index contributed by atoms with van der Waals surface area (Å²) >= 11 is 0. The highest BCUT2D eigenvalue weighted by molar-refractivity contribution is 6.00. The van der Waals surface area contributed by atoms with Gasteiger partial charge in [-0.15, -0.1) is 0 Å². The summed E-state index contributed by atoms with van der Waals surface area (Å²) in [5.74, 6) is 0.714. The maximum atomic E-state index is 12.3. The third kappa shape index (κ3) is 3.50. The molecule has 0 saturated carbocycles. The van der Waals surface area contributed by atoms with E-state index < -0.39 is 0 Å². The number of rotatable bonds is 5. The van der Waals surface area contributed by atoms with Crippen molar-refractivity contribution in [3.8, 4) is 0 Å². The van der Waals surface area contributed by atoms with Crippen LogP contribution in [0.4, 0.5) is 5.69 Å². The zero-order valence-electron chi connectivity index (χ0n) is 14.0. The van der Waals surface area contributed by atoms with Crippen LogP contribution in [-0.4, -0.2) is 18.4 Å². The molecule has 5 heteroatoms. The minimum absolute atomic E-state index is 0.00885. The molecule has 1 fully saturated rings. The smallest absolute Gasteiger partial charge is 0.227 e. The highest BCUT2D eigenvalue weighted by Crippen LogP contribution is 2.27. The number of carbonyl (C=O) groups excluding carboxylic acids is 2. The van der Waals surface area contributed by atoms with E-state index in [0.29, 0.717) is 24.8 Å². The second-order valence-corrected chi connectivity index (χ2v) is 6.45. The van der Waals surface area contributed by atoms with E-state index in [1.165, 1.54) is 5.56 Å². The molecule has 1 aliphatic rings. The van der Waals surface area contributed by atoms with Crippen molar-refractivity contribution >= 4 is 17.5 Å². The van der Waals surface area contributed by atoms with E-state index in [9.17, 15) is 9.59 Å². The van der Waals surface area contributed by atoms with Crippen LogP contribution in [0.1, 0.15) is 37.5 Å². The van der Waals surface area contributed by atoms with Gasteiger partial charge in [-0.25, -0.2) is 0 Å². The predicted molar refractivity (Wildman–Crippen MR) is 91.5 cm³/mol. The Labute approximate surface area is 141 Å². The minimum atomic E-state index is -0.322. The van der Waals surface area contributed by atoms with Gasteiger partial charge >= 0.3 is 0 Å². The molecule has 0 bridgehead atoms. The molecular formula is C19H22N2O3. The van der Waals surface area contributed by atoms with Gasteiger partial charge in [0.15, 0.2) is 0 Å². The lowest BCUT2D eigenvalue weighted by Gasteiger charge is -2.17. The van der Waals surface area contributed by atoms with E-state index in [2.05, 4.69) is 19.2 Å². The van der Waals surface area contributed by atoms with Crippen molar-refractivity contribution in [2.24, 2.45) is 5.92 Å². The second kappa shape index (κ2) is 6.91. The van der Waals surface area contributed by atoms with Gasteiger partial charge in [-0.2, -0.15) is 0 Å². The highest BCUT2D eigenvalue weighted by Gasteiger charge is 2.35. The zero-order chi connectivity index (χ0) is 17.1. The quantitative estimate of drug-likeness (QED) is 0.918. The third-order valence-electron chi connectivity index (χ3n) is 4.38. The van der Waals surface area contributed by atoms with Gasteiger partial charge in [-0.05, 0) is 35.7 Å². The molecule has 1 N–H and O–H groups in total. The van der Waals surface area contributed by atoms with Gasteiger partial charge < -0.3 is 14.6 Å². The molecule has 1 aromatic heterocycles. The van der Waals surface area contributed by atoms with Crippen molar-refractivity contribution < 1.29 is 14.0 Å². The molecule has 1 saturated heterocycles. The maximum absolute atomic E-state index is 12.3. The Bertz CT molecular complexity index is 705. The molecule has 1 aromatic carbocycles. The van der Waals surface area contributed by atoms with E-state index in [1.54, 1.807) is 17.2 Å². The fourth-order valence-electron chi connectivity index (χ4n) is 2.90. The topological polar surface area (TPSA) is 62.6 Å². The number of carbonyl (C=O) groups is 2. The van der Waals surface area contributed by atoms with Crippen molar-refractivity contribution in [3.63, 3.8) is 0 Å². The summed E-state index contributed by atoms with van der Waals surface area (Å²) in [6.07, 6.45) is 1.82. The lowest BCUT2D eigenvalue weighted by Crippen LogP contribution is -2.32. The van der Waals surface area contributed by atoms with Gasteiger partial charge in [0.2, 0.25) is 11.8 Å². The van der Waals surface area contributed by atoms with Gasteiger partial charge in [0.1, 0.15) is 5.76 Å². The molecule has 0 unspecified atom stereocenters. The van der Waals surface area contributed by atoms with E-state index in [4.69, 9.17) is 4.42 Å². The zero-order valence-corrected chi connectivity index (χ0v) is 14.0. The summed E-state index contributed by atoms with van der Waals surface area (Å²) in [4.78, 5) is 26.2. The lowest BCUT2D eigenvalue weighted by atomic mass is 10.0. The fraction of sp³-hybridized carbons (Fsp3) is 0.368. The van der Waals surface area contributed by atoms with Crippen LogP contribution in [0.25, 0.3) is 0 Å². The SMILES string of the molecule is CC(C)c1ccc(N2C[C@@H](C(=O)NCc3ccco3)CC2=O)cc1. The van der Waals surface area contributed by atoms with Gasteiger partial charge in [0.05, 0.1) is 18.7 Å². The maximum Gasteiger partial charge on any atom is 0.227 e. The first-order chi connectivity index (χ1) is 11.5. The van der Waals surface area contributed by atoms with Gasteiger partial charge in [0.25, 0.3) is 0 Å². The molecule has 126 valence electrons. The summed E-state index contributed by atoms with van der Waals surface area (Å²) in [6.45, 7) is 5.04. The Morgan fingerprint density at radius 2 is 2.04 bits per heavy atom. The number of amides is 2. The summed E-state index contributed by atoms with van der Waals surface area (Å²) in [5, 5.41) is 2.83. The first-order valence-electron chi connectivity index (χ1n) is 8.25. The van der Waals surface area contributed by atoms with Crippen LogP contribution in [0.2, 0.25) is 0 Å². The van der Waals surface area contributed by atoms with Crippen LogP contribution in [-0.2, 0) is 16.1 Å². The third-order valence-corrected chi connectivity index (χ3v) is 4.38. The van der Waals surface area contributed by atoms with Gasteiger partial charge in [0, 0.05) is 18.7 Å². The largest absolute Gasteiger partial charge is 0.467 e. The first-order valence-corrected chi connectivity index (χ1v) is 8.25. The summed E-state index contributed by atoms with van der Waals surface area (Å²) in [5.41, 5.74) is 2.09. The Hall–Kier alpha value is -2.56. The number of hydrogen-bond donors (Lipinski definition) is 1. The van der Waals surface area contributed by atoms with Crippen LogP contribution in [0.15, 0.2) is 47.1 Å². The number of nitrogens with zero attached hydrogens (tertiary/aromatic N) is 1. The van der Waals surface area contributed by atoms with Crippen LogP contribution in [0, 0.1) is 5.92 Å². The molecule has 2 amide bonds. The van der Waals surface area contributed by atoms with Crippen LogP contribution in [0.5, 0.6) is 0 Å². The molecule has 1 atom stereocenters. The summed E-state index contributed by atoms with van der Waals surface area (Å²) in [6, 6.07) is 11.6. The van der Waals surface area contributed by atoms with Gasteiger partial charge in [-0.3, -0.25) is 9.59 Å². The fourth-order valence-corrected chi connectivity index (χ4v) is 2.90. The average molecular weight is 326 g/mol. The van der Waals surface area contributed by atoms with Crippen LogP contribution < -0.4 is 10.2 Å². The lowest BCUT2D eigenvalue weighted by molar-refractivity contribution is -0.126. The number of nitrogens with one attached hydrogen (secondary N) is 1. The molecular weight excluding hydrogens is 304 g/mol. The van der Waals surface area contributed by atoms with E-state index in [0.717, 1.165) is 5.69 Å². The molecule has 3 rings (SSSR count). The van der Waals surface area contributed by atoms with Crippen molar-refractivity contribution in [1.82, 2.24) is 5.32 Å². The number of furan rings is 1. The Balaban J connectivity index is 1.61. The average Bonchev–Trinajstić information content (AvgIpc) is 3.22. The molecule has 2 aromatic rings. The molecule has 0 aliphatic carbocycles. The standard InChI is InChI=1S/C19H22N2O3/c1-13(2)14-5-7-16(8-6-14)21-12-15(10-18(21)22)19(23)20-11-17-4-3-9-24-17/h3-9,13,15H,10-12H2,1-2H3,(H,20,23)/t15-/m0/s1. The summed E-state index contributed by atoms with van der Waals surface area (Å²) in [7, 11) is 0. The Morgan fingerprint density at radius 1 is 1.29 bits per heavy atom. The summed E-state index contributed by atoms with van der Waals surface area (Å²) < 4.78 is 5.20. The van der Waals surface area contributed by atoms with Crippen molar-refractivity contribution in [2.45, 2.75) is 32.7 Å². The number of hydrogen-bond acceptors (Lipinski definition) is 3. The van der Waals surface area contributed by atoms with Gasteiger partial charge in [-0.1, -0.05) is 26.0 Å². The Morgan fingerprint density at radius 3 is 2.67 bits per heavy atom. The number of benzene rings is 1. The highest BCUT2D eigenvalue weighted by atomic mass is 16.3. The number of anilines is 1. The van der Waals surface area contributed by atoms with E-state index in [1.807, 2.05) is 30.3 Å². The van der Waals surface area contributed by atoms with Crippen LogP contribution >= 0.6 is 0 Å². The molecule has 1 aliphatic heterocycles. The minimum Gasteiger partial charge on any atom is -0.467 e. The van der Waals surface area contributed by atoms with E-state index in [-0.39, 0.29) is 24.2 Å². The first kappa shape index (κ1) is 16.3. The van der Waals surface area contributed by atoms with E-state index >= 15 is 0 Å². The predicted octanol–water partition coefficient (Wildman–Crippen LogP) is 3.07. The normalized spacial score (nSPS) is 17.5. The van der Waals surface area contributed by atoms with Crippen molar-refractivity contribution in [3.05, 3.63) is 54.0 Å². The Kier molecular flexibility index (Phi) is 4.69. The molecule has 0 spiro atoms. The molecule has 0 radical (unpaired) electrons. The van der Waals surface area contributed by atoms with Crippen molar-refractivity contribution in [1.29, 1.82) is 0 Å². The second-order valence-electron chi connectivity index (χ2n) is 6.45. The molecule has 5 nitrogen and oxygen atoms in total. The monoisotopic (exact) mass is 326 g/mol. The van der Waals surface area contributed by atoms with Crippen LogP contribution in [0.3, 0.4) is 0 Å².